The van der Waals surface area contributed by atoms with Gasteiger partial charge in [0, 0.05) is 30.3 Å². The van der Waals surface area contributed by atoms with Crippen molar-refractivity contribution in [2.75, 3.05) is 13.1 Å². The fourth-order valence-electron chi connectivity index (χ4n) is 2.22. The summed E-state index contributed by atoms with van der Waals surface area (Å²) in [7, 11) is 0. The second-order valence-electron chi connectivity index (χ2n) is 5.37. The quantitative estimate of drug-likeness (QED) is 0.927. The van der Waals surface area contributed by atoms with Crippen LogP contribution in [-0.4, -0.2) is 35.8 Å². The molecule has 0 bridgehead atoms. The van der Waals surface area contributed by atoms with E-state index in [4.69, 9.17) is 0 Å². The summed E-state index contributed by atoms with van der Waals surface area (Å²) in [5.41, 5.74) is 1.03. The van der Waals surface area contributed by atoms with Crippen molar-refractivity contribution in [3.63, 3.8) is 0 Å². The number of carbonyl (C=O) groups excluding carboxylic acids is 2. The summed E-state index contributed by atoms with van der Waals surface area (Å²) >= 11 is 0. The lowest BCUT2D eigenvalue weighted by atomic mass is 10.1. The first-order chi connectivity index (χ1) is 9.97. The van der Waals surface area contributed by atoms with Crippen LogP contribution in [0.15, 0.2) is 35.9 Å². The lowest BCUT2D eigenvalue weighted by molar-refractivity contribution is -0.118. The Balaban J connectivity index is 2.01. The molecule has 0 aromatic heterocycles. The van der Waals surface area contributed by atoms with Gasteiger partial charge in [0.1, 0.15) is 5.82 Å². The molecule has 112 valence electrons. The molecule has 21 heavy (non-hydrogen) atoms. The van der Waals surface area contributed by atoms with Crippen LogP contribution in [0, 0.1) is 5.82 Å². The number of hydrogen-bond acceptors (Lipinski definition) is 2. The van der Waals surface area contributed by atoms with E-state index in [1.54, 1.807) is 17.0 Å². The van der Waals surface area contributed by atoms with Crippen LogP contribution in [0.3, 0.4) is 0 Å². The highest BCUT2D eigenvalue weighted by molar-refractivity contribution is 5.96. The molecule has 1 aliphatic rings. The van der Waals surface area contributed by atoms with E-state index in [-0.39, 0.29) is 17.9 Å². The standard InChI is InChI=1S/C16H19FN2O2/c1-11(2)18-15(20)12-6-8-19(9-7-12)16(21)13-4-3-5-14(17)10-13/h3-6,10-11H,7-9H2,1-2H3,(H,18,20). The van der Waals surface area contributed by atoms with E-state index in [0.29, 0.717) is 30.6 Å². The Morgan fingerprint density at radius 3 is 2.67 bits per heavy atom. The maximum Gasteiger partial charge on any atom is 0.254 e. The number of rotatable bonds is 3. The van der Waals surface area contributed by atoms with E-state index >= 15 is 0 Å². The highest BCUT2D eigenvalue weighted by atomic mass is 19.1. The SMILES string of the molecule is CC(C)NC(=O)C1=CCN(C(=O)c2cccc(F)c2)CC1. The minimum Gasteiger partial charge on any atom is -0.350 e. The normalized spacial score (nSPS) is 14.9. The predicted molar refractivity (Wildman–Crippen MR) is 78.3 cm³/mol. The van der Waals surface area contributed by atoms with E-state index < -0.39 is 5.82 Å². The third kappa shape index (κ3) is 3.90. The third-order valence-electron chi connectivity index (χ3n) is 3.28. The lowest BCUT2D eigenvalue weighted by Crippen LogP contribution is -2.38. The minimum atomic E-state index is -0.426. The van der Waals surface area contributed by atoms with Gasteiger partial charge in [-0.3, -0.25) is 9.59 Å². The molecule has 0 saturated heterocycles. The maximum absolute atomic E-state index is 13.1. The van der Waals surface area contributed by atoms with E-state index in [0.717, 1.165) is 0 Å². The number of benzene rings is 1. The van der Waals surface area contributed by atoms with Crippen LogP contribution in [0.25, 0.3) is 0 Å². The van der Waals surface area contributed by atoms with Gasteiger partial charge in [-0.05, 0) is 38.5 Å². The van der Waals surface area contributed by atoms with E-state index in [1.807, 2.05) is 13.8 Å². The van der Waals surface area contributed by atoms with Crippen molar-refractivity contribution in [1.29, 1.82) is 0 Å². The van der Waals surface area contributed by atoms with Gasteiger partial charge in [-0.2, -0.15) is 0 Å². The molecule has 1 aliphatic heterocycles. The Kier molecular flexibility index (Phi) is 4.73. The first-order valence-electron chi connectivity index (χ1n) is 7.02. The lowest BCUT2D eigenvalue weighted by Gasteiger charge is -2.26. The summed E-state index contributed by atoms with van der Waals surface area (Å²) in [5.74, 6) is -0.720. The van der Waals surface area contributed by atoms with Crippen molar-refractivity contribution in [2.24, 2.45) is 0 Å². The van der Waals surface area contributed by atoms with Crippen molar-refractivity contribution in [3.05, 3.63) is 47.3 Å². The van der Waals surface area contributed by atoms with Crippen molar-refractivity contribution < 1.29 is 14.0 Å². The molecule has 2 amide bonds. The van der Waals surface area contributed by atoms with Gasteiger partial charge in [0.05, 0.1) is 0 Å². The summed E-state index contributed by atoms with van der Waals surface area (Å²) in [6.45, 7) is 4.64. The van der Waals surface area contributed by atoms with Gasteiger partial charge in [-0.15, -0.1) is 0 Å². The number of nitrogens with zero attached hydrogens (tertiary/aromatic N) is 1. The first kappa shape index (κ1) is 15.2. The molecule has 0 saturated carbocycles. The molecule has 5 heteroatoms. The van der Waals surface area contributed by atoms with E-state index in [2.05, 4.69) is 5.32 Å². The zero-order valence-electron chi connectivity index (χ0n) is 12.2. The first-order valence-corrected chi connectivity index (χ1v) is 7.02. The van der Waals surface area contributed by atoms with Crippen LogP contribution >= 0.6 is 0 Å². The molecule has 0 atom stereocenters. The van der Waals surface area contributed by atoms with Crippen LogP contribution in [0.4, 0.5) is 4.39 Å². The van der Waals surface area contributed by atoms with Gasteiger partial charge in [0.2, 0.25) is 5.91 Å². The van der Waals surface area contributed by atoms with Gasteiger partial charge in [-0.25, -0.2) is 4.39 Å². The largest absolute Gasteiger partial charge is 0.350 e. The second kappa shape index (κ2) is 6.52. The summed E-state index contributed by atoms with van der Waals surface area (Å²) in [6, 6.07) is 5.74. The highest BCUT2D eigenvalue weighted by Crippen LogP contribution is 2.15. The molecule has 0 spiro atoms. The Labute approximate surface area is 123 Å². The average molecular weight is 290 g/mol. The van der Waals surface area contributed by atoms with E-state index in [1.165, 1.54) is 18.2 Å². The molecular formula is C16H19FN2O2. The second-order valence-corrected chi connectivity index (χ2v) is 5.37. The zero-order chi connectivity index (χ0) is 15.4. The maximum atomic E-state index is 13.1. The molecule has 2 rings (SSSR count). The Morgan fingerprint density at radius 1 is 1.33 bits per heavy atom. The molecule has 0 fully saturated rings. The summed E-state index contributed by atoms with van der Waals surface area (Å²) < 4.78 is 13.1. The summed E-state index contributed by atoms with van der Waals surface area (Å²) in [5, 5.41) is 2.84. The van der Waals surface area contributed by atoms with Gasteiger partial charge < -0.3 is 10.2 Å². The molecule has 0 unspecified atom stereocenters. The summed E-state index contributed by atoms with van der Waals surface area (Å²) in [4.78, 5) is 25.7. The number of halogens is 1. The highest BCUT2D eigenvalue weighted by Gasteiger charge is 2.21. The van der Waals surface area contributed by atoms with Gasteiger partial charge in [-0.1, -0.05) is 12.1 Å². The third-order valence-corrected chi connectivity index (χ3v) is 3.28. The van der Waals surface area contributed by atoms with Gasteiger partial charge >= 0.3 is 0 Å². The number of amides is 2. The fraction of sp³-hybridized carbons (Fsp3) is 0.375. The molecule has 1 N–H and O–H groups in total. The van der Waals surface area contributed by atoms with Crippen molar-refractivity contribution in [1.82, 2.24) is 10.2 Å². The predicted octanol–water partition coefficient (Wildman–Crippen LogP) is 2.12. The monoisotopic (exact) mass is 290 g/mol. The summed E-state index contributed by atoms with van der Waals surface area (Å²) in [6.07, 6.45) is 2.28. The average Bonchev–Trinajstić information content (AvgIpc) is 2.46. The van der Waals surface area contributed by atoms with Gasteiger partial charge in [0.15, 0.2) is 0 Å². The Morgan fingerprint density at radius 2 is 2.10 bits per heavy atom. The van der Waals surface area contributed by atoms with Gasteiger partial charge in [0.25, 0.3) is 5.91 Å². The smallest absolute Gasteiger partial charge is 0.254 e. The van der Waals surface area contributed by atoms with Crippen molar-refractivity contribution in [3.8, 4) is 0 Å². The fourth-order valence-corrected chi connectivity index (χ4v) is 2.22. The van der Waals surface area contributed by atoms with Crippen LogP contribution in [0.5, 0.6) is 0 Å². The number of carbonyl (C=O) groups is 2. The topological polar surface area (TPSA) is 49.4 Å². The molecule has 1 aromatic rings. The molecule has 1 aromatic carbocycles. The van der Waals surface area contributed by atoms with Crippen LogP contribution in [0.1, 0.15) is 30.6 Å². The van der Waals surface area contributed by atoms with Crippen LogP contribution in [0.2, 0.25) is 0 Å². The van der Waals surface area contributed by atoms with Crippen LogP contribution in [-0.2, 0) is 4.79 Å². The number of nitrogens with one attached hydrogen (secondary N) is 1. The van der Waals surface area contributed by atoms with Crippen molar-refractivity contribution >= 4 is 11.8 Å². The van der Waals surface area contributed by atoms with Crippen LogP contribution < -0.4 is 5.32 Å². The zero-order valence-corrected chi connectivity index (χ0v) is 12.2. The molecule has 0 radical (unpaired) electrons. The Bertz CT molecular complexity index is 581. The Hall–Kier alpha value is -2.17. The minimum absolute atomic E-state index is 0.0807. The molecule has 4 nitrogen and oxygen atoms in total. The molecule has 0 aliphatic carbocycles. The molecular weight excluding hydrogens is 271 g/mol. The molecule has 1 heterocycles. The van der Waals surface area contributed by atoms with Crippen molar-refractivity contribution in [2.45, 2.75) is 26.3 Å². The number of hydrogen-bond donors (Lipinski definition) is 1. The van der Waals surface area contributed by atoms with E-state index in [9.17, 15) is 14.0 Å².